The normalized spacial score (nSPS) is 16.8. The molecule has 0 spiro atoms. The third kappa shape index (κ3) is 5.31. The molecule has 3 heterocycles. The zero-order chi connectivity index (χ0) is 38.3. The van der Waals surface area contributed by atoms with Crippen molar-refractivity contribution in [3.05, 3.63) is 185 Å². The highest BCUT2D eigenvalue weighted by Gasteiger charge is 2.38. The van der Waals surface area contributed by atoms with E-state index in [-0.39, 0.29) is 5.41 Å². The number of hydrogen-bond acceptors (Lipinski definition) is 3. The Morgan fingerprint density at radius 2 is 1.37 bits per heavy atom. The van der Waals surface area contributed by atoms with Crippen LogP contribution in [0.25, 0.3) is 78.6 Å². The number of rotatable bonds is 5. The lowest BCUT2D eigenvalue weighted by Crippen LogP contribution is -2.17. The zero-order valence-corrected chi connectivity index (χ0v) is 32.5. The van der Waals surface area contributed by atoms with Crippen molar-refractivity contribution in [1.82, 2.24) is 19.5 Å². The molecule has 3 aliphatic carbocycles. The summed E-state index contributed by atoms with van der Waals surface area (Å²) in [5, 5.41) is 2.42. The van der Waals surface area contributed by atoms with Crippen LogP contribution >= 0.6 is 0 Å². The van der Waals surface area contributed by atoms with Crippen LogP contribution in [0.1, 0.15) is 74.0 Å². The number of fused-ring (bicyclic) bond motifs is 7. The molecule has 4 heteroatoms. The van der Waals surface area contributed by atoms with Crippen molar-refractivity contribution in [3.63, 3.8) is 0 Å². The first-order valence-corrected chi connectivity index (χ1v) is 20.2. The van der Waals surface area contributed by atoms with Crippen molar-refractivity contribution in [2.24, 2.45) is 0 Å². The molecule has 0 saturated heterocycles. The van der Waals surface area contributed by atoms with Crippen LogP contribution in [0.15, 0.2) is 157 Å². The van der Waals surface area contributed by atoms with Gasteiger partial charge in [0.1, 0.15) is 0 Å². The molecule has 11 rings (SSSR count). The summed E-state index contributed by atoms with van der Waals surface area (Å²) in [4.78, 5) is 15.9. The average molecular weight is 735 g/mol. The highest BCUT2D eigenvalue weighted by atomic mass is 15.0. The van der Waals surface area contributed by atoms with Crippen LogP contribution in [0.3, 0.4) is 0 Å². The summed E-state index contributed by atoms with van der Waals surface area (Å²) >= 11 is 0. The Balaban J connectivity index is 1.06. The lowest BCUT2D eigenvalue weighted by Gasteiger charge is -2.25. The molecule has 3 aromatic heterocycles. The van der Waals surface area contributed by atoms with Gasteiger partial charge < -0.3 is 4.57 Å². The number of para-hydroxylation sites is 2. The molecule has 0 N–H and O–H groups in total. The smallest absolute Gasteiger partial charge is 0.160 e. The third-order valence-corrected chi connectivity index (χ3v) is 12.6. The van der Waals surface area contributed by atoms with Gasteiger partial charge in [-0.1, -0.05) is 148 Å². The van der Waals surface area contributed by atoms with Gasteiger partial charge in [-0.25, -0.2) is 15.0 Å². The first-order valence-electron chi connectivity index (χ1n) is 20.2. The van der Waals surface area contributed by atoms with E-state index < -0.39 is 0 Å². The van der Waals surface area contributed by atoms with Crippen molar-refractivity contribution in [2.75, 3.05) is 0 Å². The van der Waals surface area contributed by atoms with E-state index in [1.165, 1.54) is 55.2 Å². The van der Waals surface area contributed by atoms with Crippen molar-refractivity contribution in [2.45, 2.75) is 51.4 Å². The van der Waals surface area contributed by atoms with E-state index >= 15 is 0 Å². The molecule has 8 aromatic rings. The molecule has 0 fully saturated rings. The quantitative estimate of drug-likeness (QED) is 0.177. The Kier molecular flexibility index (Phi) is 7.65. The van der Waals surface area contributed by atoms with Crippen molar-refractivity contribution in [1.29, 1.82) is 0 Å². The monoisotopic (exact) mass is 734 g/mol. The Morgan fingerprint density at radius 3 is 2.19 bits per heavy atom. The van der Waals surface area contributed by atoms with Gasteiger partial charge in [0.05, 0.1) is 33.8 Å². The molecule has 1 atom stereocenters. The number of aromatic nitrogens is 4. The fourth-order valence-corrected chi connectivity index (χ4v) is 9.74. The van der Waals surface area contributed by atoms with E-state index in [9.17, 15) is 0 Å². The molecule has 0 saturated carbocycles. The van der Waals surface area contributed by atoms with Crippen molar-refractivity contribution < 1.29 is 0 Å². The topological polar surface area (TPSA) is 43.6 Å². The second kappa shape index (κ2) is 13.0. The van der Waals surface area contributed by atoms with Gasteiger partial charge in [0.25, 0.3) is 0 Å². The van der Waals surface area contributed by atoms with Crippen LogP contribution in [0.2, 0.25) is 0 Å². The molecular weight excluding hydrogens is 693 g/mol. The van der Waals surface area contributed by atoms with Gasteiger partial charge >= 0.3 is 0 Å². The van der Waals surface area contributed by atoms with Gasteiger partial charge in [-0.15, -0.1) is 0 Å². The van der Waals surface area contributed by atoms with Gasteiger partial charge in [0.2, 0.25) is 0 Å². The Hall–Kier alpha value is -6.65. The molecule has 0 amide bonds. The minimum atomic E-state index is -0.0527. The zero-order valence-electron chi connectivity index (χ0n) is 32.5. The summed E-state index contributed by atoms with van der Waals surface area (Å²) in [5.74, 6) is 1.10. The van der Waals surface area contributed by atoms with Crippen molar-refractivity contribution >= 4 is 39.0 Å². The summed E-state index contributed by atoms with van der Waals surface area (Å²) in [6, 6.07) is 49.9. The molecule has 0 aliphatic heterocycles. The van der Waals surface area contributed by atoms with Crippen LogP contribution in [0.5, 0.6) is 0 Å². The first-order chi connectivity index (χ1) is 27.9. The van der Waals surface area contributed by atoms with Gasteiger partial charge in [-0.3, -0.25) is 0 Å². The first kappa shape index (κ1) is 33.7. The number of benzene rings is 5. The lowest BCUT2D eigenvalue weighted by atomic mass is 9.78. The summed E-state index contributed by atoms with van der Waals surface area (Å²) in [6.45, 7) is 7.05. The predicted molar refractivity (Wildman–Crippen MR) is 236 cm³/mol. The van der Waals surface area contributed by atoms with E-state index in [1.54, 1.807) is 0 Å². The van der Waals surface area contributed by atoms with Crippen molar-refractivity contribution in [3.8, 4) is 39.6 Å². The summed E-state index contributed by atoms with van der Waals surface area (Å²) in [5.41, 5.74) is 19.0. The summed E-state index contributed by atoms with van der Waals surface area (Å²) in [6.07, 6.45) is 9.87. The average Bonchev–Trinajstić information content (AvgIpc) is 3.73. The van der Waals surface area contributed by atoms with E-state index in [2.05, 4.69) is 177 Å². The fourth-order valence-electron chi connectivity index (χ4n) is 9.74. The Labute approximate surface area is 333 Å². The molecule has 0 bridgehead atoms. The van der Waals surface area contributed by atoms with Crippen LogP contribution in [-0.2, 0) is 5.41 Å². The second-order valence-corrected chi connectivity index (χ2v) is 16.3. The van der Waals surface area contributed by atoms with E-state index in [1.807, 2.05) is 6.07 Å². The van der Waals surface area contributed by atoms with Crippen LogP contribution in [-0.4, -0.2) is 19.5 Å². The van der Waals surface area contributed by atoms with E-state index in [4.69, 9.17) is 15.0 Å². The third-order valence-electron chi connectivity index (χ3n) is 12.6. The minimum Gasteiger partial charge on any atom is -0.309 e. The van der Waals surface area contributed by atoms with E-state index in [0.29, 0.717) is 5.92 Å². The molecule has 3 aliphatic rings. The van der Waals surface area contributed by atoms with Gasteiger partial charge in [-0.05, 0) is 83.4 Å². The highest BCUT2D eigenvalue weighted by Crippen LogP contribution is 2.52. The van der Waals surface area contributed by atoms with Crippen LogP contribution in [0, 0.1) is 0 Å². The fraction of sp³-hybridized carbons (Fsp3) is 0.151. The molecule has 5 aromatic carbocycles. The summed E-state index contributed by atoms with van der Waals surface area (Å²) in [7, 11) is 0. The molecule has 1 unspecified atom stereocenters. The van der Waals surface area contributed by atoms with Crippen LogP contribution in [0.4, 0.5) is 0 Å². The predicted octanol–water partition coefficient (Wildman–Crippen LogP) is 13.4. The number of hydrogen-bond donors (Lipinski definition) is 0. The minimum absolute atomic E-state index is 0.0527. The molecule has 0 radical (unpaired) electrons. The Morgan fingerprint density at radius 1 is 0.667 bits per heavy atom. The molecule has 274 valence electrons. The number of nitrogens with zero attached hydrogens (tertiary/aromatic N) is 4. The van der Waals surface area contributed by atoms with Crippen LogP contribution < -0.4 is 0 Å². The lowest BCUT2D eigenvalue weighted by molar-refractivity contribution is 0.652. The maximum Gasteiger partial charge on any atom is 0.160 e. The molecular formula is C53H42N4. The Bertz CT molecular complexity index is 3000. The SMILES string of the molecule is CC1CC=Cc2nc(-c3ccc(-c4cc(C5=CC6=C(CC5)c5ccccc5C6(C)C)nc(-c5ccccc5)n4)cc3)c3c4ccccc4n(-c4ccccc4)c3c21. The number of allylic oxidation sites excluding steroid dienone is 5. The maximum atomic E-state index is 5.47. The van der Waals surface area contributed by atoms with Gasteiger partial charge in [-0.2, -0.15) is 0 Å². The molecule has 4 nitrogen and oxygen atoms in total. The standard InChI is InChI=1S/C53H42N4/c1-33-15-14-23-44-48(33)51-49(41-21-11-13-24-47(41)57(51)38-18-8-5-9-19-38)50(54-44)35-27-25-34(26-28-35)45-32-46(56-52(55-45)36-16-6-4-7-17-36)37-29-30-40-39-20-10-12-22-42(39)53(2,3)43(40)31-37/h4-14,16-28,31-33H,15,29-30H2,1-3H3. The highest BCUT2D eigenvalue weighted by molar-refractivity contribution is 6.16. The summed E-state index contributed by atoms with van der Waals surface area (Å²) < 4.78 is 2.45. The molecule has 57 heavy (non-hydrogen) atoms. The van der Waals surface area contributed by atoms with Gasteiger partial charge in [0, 0.05) is 44.1 Å². The maximum absolute atomic E-state index is 5.47. The largest absolute Gasteiger partial charge is 0.309 e. The van der Waals surface area contributed by atoms with E-state index in [0.717, 1.165) is 70.2 Å². The number of pyridine rings is 1. The second-order valence-electron chi connectivity index (χ2n) is 16.3. The van der Waals surface area contributed by atoms with Gasteiger partial charge in [0.15, 0.2) is 5.82 Å².